The zero-order chi connectivity index (χ0) is 16.1. The summed E-state index contributed by atoms with van der Waals surface area (Å²) in [5.74, 6) is 0.968. The molecule has 1 heterocycles. The van der Waals surface area contributed by atoms with E-state index in [0.717, 1.165) is 37.2 Å². The second kappa shape index (κ2) is 12.2. The summed E-state index contributed by atoms with van der Waals surface area (Å²) in [7, 11) is 0. The number of carbonyl (C=O) groups excluding carboxylic acids is 1. The predicted molar refractivity (Wildman–Crippen MR) is 90.1 cm³/mol. The predicted octanol–water partition coefficient (Wildman–Crippen LogP) is 4.76. The van der Waals surface area contributed by atoms with Gasteiger partial charge in [-0.25, -0.2) is 0 Å². The van der Waals surface area contributed by atoms with Crippen molar-refractivity contribution in [2.45, 2.75) is 53.9 Å². The minimum Gasteiger partial charge on any atom is -0.494 e. The smallest absolute Gasteiger partial charge is 0.253 e. The lowest BCUT2D eigenvalue weighted by Crippen LogP contribution is -2.35. The van der Waals surface area contributed by atoms with Crippen molar-refractivity contribution in [2.75, 3.05) is 19.7 Å². The van der Waals surface area contributed by atoms with E-state index in [9.17, 15) is 4.79 Å². The van der Waals surface area contributed by atoms with Crippen LogP contribution < -0.4 is 4.74 Å². The number of piperidine rings is 1. The lowest BCUT2D eigenvalue weighted by Gasteiger charge is -2.26. The van der Waals surface area contributed by atoms with Crippen molar-refractivity contribution >= 4 is 5.91 Å². The average molecular weight is 293 g/mol. The molecule has 0 N–H and O–H groups in total. The van der Waals surface area contributed by atoms with E-state index in [1.165, 1.54) is 6.42 Å². The van der Waals surface area contributed by atoms with Crippen molar-refractivity contribution in [1.82, 2.24) is 4.90 Å². The summed E-state index contributed by atoms with van der Waals surface area (Å²) in [6.07, 6.45) is 3.50. The molecule has 0 aliphatic carbocycles. The Kier molecular flexibility index (Phi) is 11.4. The molecule has 0 unspecified atom stereocenters. The number of rotatable bonds is 3. The Hall–Kier alpha value is -1.51. The molecule has 1 amide bonds. The highest BCUT2D eigenvalue weighted by Crippen LogP contribution is 2.16. The van der Waals surface area contributed by atoms with E-state index in [2.05, 4.69) is 0 Å². The zero-order valence-corrected chi connectivity index (χ0v) is 14.3. The van der Waals surface area contributed by atoms with Crippen LogP contribution in [0, 0.1) is 0 Å². The molecular formula is C18H31NO2. The van der Waals surface area contributed by atoms with E-state index >= 15 is 0 Å². The van der Waals surface area contributed by atoms with E-state index in [1.807, 2.05) is 63.8 Å². The molecule has 1 aliphatic heterocycles. The molecular weight excluding hydrogens is 262 g/mol. The number of hydrogen-bond donors (Lipinski definition) is 0. The third-order valence-corrected chi connectivity index (χ3v) is 3.06. The highest BCUT2D eigenvalue weighted by molar-refractivity contribution is 5.94. The molecule has 0 aromatic heterocycles. The Morgan fingerprint density at radius 3 is 2.00 bits per heavy atom. The normalized spacial score (nSPS) is 13.3. The topological polar surface area (TPSA) is 29.5 Å². The fourth-order valence-electron chi connectivity index (χ4n) is 2.14. The molecule has 1 aromatic carbocycles. The molecule has 120 valence electrons. The first-order valence-corrected chi connectivity index (χ1v) is 8.33. The van der Waals surface area contributed by atoms with E-state index in [0.29, 0.717) is 6.61 Å². The lowest BCUT2D eigenvalue weighted by molar-refractivity contribution is 0.0724. The molecule has 3 heteroatoms. The first kappa shape index (κ1) is 19.5. The number of carbonyl (C=O) groups is 1. The van der Waals surface area contributed by atoms with Crippen LogP contribution in [0.2, 0.25) is 0 Å². The summed E-state index contributed by atoms with van der Waals surface area (Å²) in [6.45, 7) is 12.4. The number of amides is 1. The van der Waals surface area contributed by atoms with Crippen molar-refractivity contribution in [3.63, 3.8) is 0 Å². The van der Waals surface area contributed by atoms with Crippen molar-refractivity contribution in [3.8, 4) is 5.75 Å². The van der Waals surface area contributed by atoms with Gasteiger partial charge in [-0.05, 0) is 50.5 Å². The Labute approximate surface area is 130 Å². The van der Waals surface area contributed by atoms with Crippen LogP contribution >= 0.6 is 0 Å². The van der Waals surface area contributed by atoms with E-state index in [1.54, 1.807) is 0 Å². The highest BCUT2D eigenvalue weighted by Gasteiger charge is 2.17. The summed E-state index contributed by atoms with van der Waals surface area (Å²) in [5.41, 5.74) is 0.760. The standard InChI is InChI=1S/C14H19NO2.2C2H6/c1-2-17-13-8-6-12(7-9-13)14(16)15-10-4-3-5-11-15;2*1-2/h6-9H,2-5,10-11H2,1H3;2*1-2H3. The highest BCUT2D eigenvalue weighted by atomic mass is 16.5. The van der Waals surface area contributed by atoms with Crippen molar-refractivity contribution < 1.29 is 9.53 Å². The monoisotopic (exact) mass is 293 g/mol. The van der Waals surface area contributed by atoms with Gasteiger partial charge in [0.15, 0.2) is 0 Å². The molecule has 1 fully saturated rings. The molecule has 0 bridgehead atoms. The van der Waals surface area contributed by atoms with Crippen LogP contribution in [0.1, 0.15) is 64.2 Å². The summed E-state index contributed by atoms with van der Waals surface area (Å²) in [6, 6.07) is 7.42. The molecule has 1 saturated heterocycles. The molecule has 21 heavy (non-hydrogen) atoms. The number of nitrogens with zero attached hydrogens (tertiary/aromatic N) is 1. The summed E-state index contributed by atoms with van der Waals surface area (Å²) in [4.78, 5) is 14.1. The van der Waals surface area contributed by atoms with Crippen LogP contribution in [0.4, 0.5) is 0 Å². The van der Waals surface area contributed by atoms with Gasteiger partial charge in [0.25, 0.3) is 5.91 Å². The molecule has 0 spiro atoms. The van der Waals surface area contributed by atoms with Gasteiger partial charge >= 0.3 is 0 Å². The van der Waals surface area contributed by atoms with E-state index in [-0.39, 0.29) is 5.91 Å². The van der Waals surface area contributed by atoms with Crippen LogP contribution in [-0.4, -0.2) is 30.5 Å². The molecule has 0 saturated carbocycles. The fraction of sp³-hybridized carbons (Fsp3) is 0.611. The lowest BCUT2D eigenvalue weighted by atomic mass is 10.1. The van der Waals surface area contributed by atoms with Gasteiger partial charge in [-0.2, -0.15) is 0 Å². The molecule has 1 aromatic rings. The van der Waals surface area contributed by atoms with Gasteiger partial charge < -0.3 is 9.64 Å². The Morgan fingerprint density at radius 2 is 1.52 bits per heavy atom. The number of benzene rings is 1. The number of likely N-dealkylation sites (tertiary alicyclic amines) is 1. The van der Waals surface area contributed by atoms with Crippen molar-refractivity contribution in [2.24, 2.45) is 0 Å². The molecule has 0 radical (unpaired) electrons. The van der Waals surface area contributed by atoms with Gasteiger partial charge in [0.1, 0.15) is 5.75 Å². The van der Waals surface area contributed by atoms with E-state index < -0.39 is 0 Å². The van der Waals surface area contributed by atoms with Crippen molar-refractivity contribution in [3.05, 3.63) is 29.8 Å². The quantitative estimate of drug-likeness (QED) is 0.804. The Bertz CT molecular complexity index is 367. The summed E-state index contributed by atoms with van der Waals surface area (Å²) < 4.78 is 5.36. The van der Waals surface area contributed by atoms with Crippen LogP contribution in [0.5, 0.6) is 5.75 Å². The van der Waals surface area contributed by atoms with Crippen LogP contribution in [0.15, 0.2) is 24.3 Å². The summed E-state index contributed by atoms with van der Waals surface area (Å²) in [5, 5.41) is 0. The molecule has 3 nitrogen and oxygen atoms in total. The molecule has 2 rings (SSSR count). The third-order valence-electron chi connectivity index (χ3n) is 3.06. The van der Waals surface area contributed by atoms with Crippen LogP contribution in [0.3, 0.4) is 0 Å². The van der Waals surface area contributed by atoms with Gasteiger partial charge in [0, 0.05) is 18.7 Å². The van der Waals surface area contributed by atoms with Gasteiger partial charge in [0.2, 0.25) is 0 Å². The Morgan fingerprint density at radius 1 is 1.00 bits per heavy atom. The van der Waals surface area contributed by atoms with Gasteiger partial charge in [-0.15, -0.1) is 0 Å². The van der Waals surface area contributed by atoms with Gasteiger partial charge in [-0.3, -0.25) is 4.79 Å². The first-order valence-electron chi connectivity index (χ1n) is 8.33. The minimum absolute atomic E-state index is 0.146. The Balaban J connectivity index is 0.000000921. The van der Waals surface area contributed by atoms with Gasteiger partial charge in [0.05, 0.1) is 6.61 Å². The minimum atomic E-state index is 0.146. The SMILES string of the molecule is CC.CC.CCOc1ccc(C(=O)N2CCCCC2)cc1. The molecule has 1 aliphatic rings. The fourth-order valence-corrected chi connectivity index (χ4v) is 2.14. The van der Waals surface area contributed by atoms with E-state index in [4.69, 9.17) is 4.74 Å². The van der Waals surface area contributed by atoms with Gasteiger partial charge in [-0.1, -0.05) is 27.7 Å². The number of ether oxygens (including phenoxy) is 1. The largest absolute Gasteiger partial charge is 0.494 e. The second-order valence-corrected chi connectivity index (χ2v) is 4.31. The first-order chi connectivity index (χ1) is 10.3. The zero-order valence-electron chi connectivity index (χ0n) is 14.3. The maximum Gasteiger partial charge on any atom is 0.253 e. The number of hydrogen-bond acceptors (Lipinski definition) is 2. The maximum absolute atomic E-state index is 12.2. The van der Waals surface area contributed by atoms with Crippen LogP contribution in [0.25, 0.3) is 0 Å². The third kappa shape index (κ3) is 6.65. The second-order valence-electron chi connectivity index (χ2n) is 4.31. The average Bonchev–Trinajstić information content (AvgIpc) is 2.60. The summed E-state index contributed by atoms with van der Waals surface area (Å²) >= 11 is 0. The molecule has 0 atom stereocenters. The van der Waals surface area contributed by atoms with Crippen molar-refractivity contribution in [1.29, 1.82) is 0 Å². The maximum atomic E-state index is 12.2. The van der Waals surface area contributed by atoms with Crippen LogP contribution in [-0.2, 0) is 0 Å².